The molecule has 5 heteroatoms. The topological polar surface area (TPSA) is 49.3 Å². The summed E-state index contributed by atoms with van der Waals surface area (Å²) in [7, 11) is 0. The van der Waals surface area contributed by atoms with Crippen molar-refractivity contribution in [2.45, 2.75) is 42.7 Å². The molecule has 1 aromatic carbocycles. The molecule has 3 nitrogen and oxygen atoms in total. The summed E-state index contributed by atoms with van der Waals surface area (Å²) in [6.07, 6.45) is 3.36. The Morgan fingerprint density at radius 1 is 1.37 bits per heavy atom. The van der Waals surface area contributed by atoms with Crippen molar-refractivity contribution >= 4 is 29.3 Å². The Kier molecular flexibility index (Phi) is 5.55. The normalized spacial score (nSPS) is 23.1. The fourth-order valence-corrected chi connectivity index (χ4v) is 3.28. The minimum Gasteiger partial charge on any atom is -0.391 e. The van der Waals surface area contributed by atoms with Crippen molar-refractivity contribution < 1.29 is 9.90 Å². The van der Waals surface area contributed by atoms with Crippen LogP contribution in [0.5, 0.6) is 0 Å². The smallest absolute Gasteiger partial charge is 0.230 e. The zero-order chi connectivity index (χ0) is 13.7. The first-order valence-corrected chi connectivity index (χ1v) is 7.88. The van der Waals surface area contributed by atoms with E-state index in [4.69, 9.17) is 11.6 Å². The first kappa shape index (κ1) is 14.7. The van der Waals surface area contributed by atoms with E-state index in [1.807, 2.05) is 24.3 Å². The Labute approximate surface area is 122 Å². The predicted molar refractivity (Wildman–Crippen MR) is 78.6 cm³/mol. The van der Waals surface area contributed by atoms with Crippen LogP contribution in [0.1, 0.15) is 25.7 Å². The quantitative estimate of drug-likeness (QED) is 0.841. The Bertz CT molecular complexity index is 441. The van der Waals surface area contributed by atoms with Crippen molar-refractivity contribution in [3.05, 3.63) is 29.3 Å². The molecule has 2 rings (SSSR count). The fraction of sp³-hybridized carbons (Fsp3) is 0.500. The number of amides is 1. The average Bonchev–Trinajstić information content (AvgIpc) is 2.40. The molecule has 1 saturated carbocycles. The zero-order valence-corrected chi connectivity index (χ0v) is 12.2. The fourth-order valence-electron chi connectivity index (χ4n) is 2.23. The Balaban J connectivity index is 1.80. The van der Waals surface area contributed by atoms with E-state index in [0.717, 1.165) is 30.6 Å². The molecule has 1 fully saturated rings. The number of nitrogens with one attached hydrogen (secondary N) is 1. The maximum Gasteiger partial charge on any atom is 0.230 e. The maximum absolute atomic E-state index is 11.9. The molecule has 0 heterocycles. The van der Waals surface area contributed by atoms with Gasteiger partial charge in [-0.05, 0) is 25.0 Å². The number of hydrogen-bond donors (Lipinski definition) is 2. The minimum absolute atomic E-state index is 0.0455. The van der Waals surface area contributed by atoms with E-state index in [-0.39, 0.29) is 11.9 Å². The van der Waals surface area contributed by atoms with Crippen LogP contribution in [0.4, 0.5) is 0 Å². The third kappa shape index (κ3) is 4.41. The van der Waals surface area contributed by atoms with Crippen LogP contribution in [-0.2, 0) is 4.79 Å². The second-order valence-corrected chi connectivity index (χ2v) is 6.17. The molecule has 1 aliphatic rings. The van der Waals surface area contributed by atoms with Crippen LogP contribution in [0.25, 0.3) is 0 Å². The number of benzene rings is 1. The molecule has 0 saturated heterocycles. The van der Waals surface area contributed by atoms with Crippen LogP contribution < -0.4 is 5.32 Å². The van der Waals surface area contributed by atoms with Gasteiger partial charge in [-0.1, -0.05) is 36.6 Å². The molecule has 2 atom stereocenters. The summed E-state index contributed by atoms with van der Waals surface area (Å²) >= 11 is 7.45. The Hall–Kier alpha value is -0.710. The maximum atomic E-state index is 11.9. The van der Waals surface area contributed by atoms with E-state index >= 15 is 0 Å². The van der Waals surface area contributed by atoms with Gasteiger partial charge in [-0.3, -0.25) is 4.79 Å². The number of halogens is 1. The molecule has 1 aliphatic carbocycles. The van der Waals surface area contributed by atoms with Gasteiger partial charge in [0, 0.05) is 4.90 Å². The summed E-state index contributed by atoms with van der Waals surface area (Å²) in [5.41, 5.74) is 0. The largest absolute Gasteiger partial charge is 0.391 e. The summed E-state index contributed by atoms with van der Waals surface area (Å²) in [6.45, 7) is 0. The van der Waals surface area contributed by atoms with Gasteiger partial charge in [0.15, 0.2) is 0 Å². The number of thioether (sulfide) groups is 1. The molecule has 0 radical (unpaired) electrons. The van der Waals surface area contributed by atoms with Crippen molar-refractivity contribution in [3.63, 3.8) is 0 Å². The van der Waals surface area contributed by atoms with Crippen LogP contribution in [0.15, 0.2) is 29.2 Å². The van der Waals surface area contributed by atoms with Gasteiger partial charge >= 0.3 is 0 Å². The number of aliphatic hydroxyl groups is 1. The highest BCUT2D eigenvalue weighted by molar-refractivity contribution is 8.00. The van der Waals surface area contributed by atoms with Gasteiger partial charge in [0.2, 0.25) is 5.91 Å². The van der Waals surface area contributed by atoms with Crippen LogP contribution in [0.3, 0.4) is 0 Å². The monoisotopic (exact) mass is 299 g/mol. The number of aliphatic hydroxyl groups excluding tert-OH is 1. The second-order valence-electron chi connectivity index (χ2n) is 4.74. The molecule has 1 amide bonds. The molecule has 104 valence electrons. The molecule has 19 heavy (non-hydrogen) atoms. The van der Waals surface area contributed by atoms with Crippen molar-refractivity contribution in [1.29, 1.82) is 0 Å². The van der Waals surface area contributed by atoms with E-state index in [0.29, 0.717) is 10.8 Å². The summed E-state index contributed by atoms with van der Waals surface area (Å²) in [6, 6.07) is 7.39. The van der Waals surface area contributed by atoms with Gasteiger partial charge in [-0.2, -0.15) is 0 Å². The highest BCUT2D eigenvalue weighted by atomic mass is 35.5. The van der Waals surface area contributed by atoms with Gasteiger partial charge in [-0.25, -0.2) is 0 Å². The van der Waals surface area contributed by atoms with E-state index in [2.05, 4.69) is 5.32 Å². The van der Waals surface area contributed by atoms with Crippen LogP contribution >= 0.6 is 23.4 Å². The highest BCUT2D eigenvalue weighted by Gasteiger charge is 2.24. The first-order chi connectivity index (χ1) is 9.16. The first-order valence-electron chi connectivity index (χ1n) is 6.51. The van der Waals surface area contributed by atoms with Crippen LogP contribution in [0.2, 0.25) is 5.02 Å². The summed E-state index contributed by atoms with van der Waals surface area (Å²) in [5, 5.41) is 13.4. The molecule has 0 unspecified atom stereocenters. The molecule has 0 spiro atoms. The third-order valence-corrected chi connectivity index (χ3v) is 4.79. The molecule has 2 N–H and O–H groups in total. The minimum atomic E-state index is -0.400. The number of rotatable bonds is 4. The van der Waals surface area contributed by atoms with Crippen molar-refractivity contribution in [3.8, 4) is 0 Å². The molecule has 0 aromatic heterocycles. The summed E-state index contributed by atoms with van der Waals surface area (Å²) in [5.74, 6) is 0.281. The second kappa shape index (κ2) is 7.17. The van der Waals surface area contributed by atoms with Crippen molar-refractivity contribution in [2.24, 2.45) is 0 Å². The molecular weight excluding hydrogens is 282 g/mol. The standard InChI is InChI=1S/C14H18ClNO2S/c15-10-5-1-4-8-13(10)19-9-14(18)16-11-6-2-3-7-12(11)17/h1,4-5,8,11-12,17H,2-3,6-7,9H2,(H,16,18)/t11-,12-/m1/s1. The van der Waals surface area contributed by atoms with E-state index < -0.39 is 6.10 Å². The predicted octanol–water partition coefficient (Wildman–Crippen LogP) is 2.85. The van der Waals surface area contributed by atoms with Gasteiger partial charge in [0.05, 0.1) is 22.9 Å². The zero-order valence-electron chi connectivity index (χ0n) is 10.6. The molecule has 0 bridgehead atoms. The summed E-state index contributed by atoms with van der Waals surface area (Å²) in [4.78, 5) is 12.8. The van der Waals surface area contributed by atoms with Crippen LogP contribution in [-0.4, -0.2) is 28.9 Å². The Morgan fingerprint density at radius 3 is 2.84 bits per heavy atom. The van der Waals surface area contributed by atoms with Gasteiger partial charge in [0.1, 0.15) is 0 Å². The lowest BCUT2D eigenvalue weighted by Gasteiger charge is -2.28. The third-order valence-electron chi connectivity index (χ3n) is 3.27. The molecule has 1 aromatic rings. The van der Waals surface area contributed by atoms with Gasteiger partial charge in [-0.15, -0.1) is 11.8 Å². The Morgan fingerprint density at radius 2 is 2.11 bits per heavy atom. The average molecular weight is 300 g/mol. The lowest BCUT2D eigenvalue weighted by molar-refractivity contribution is -0.120. The highest BCUT2D eigenvalue weighted by Crippen LogP contribution is 2.26. The van der Waals surface area contributed by atoms with Crippen LogP contribution in [0, 0.1) is 0 Å². The number of carbonyl (C=O) groups excluding carboxylic acids is 1. The molecular formula is C14H18ClNO2S. The number of hydrogen-bond acceptors (Lipinski definition) is 3. The lowest BCUT2D eigenvalue weighted by Crippen LogP contribution is -2.45. The SMILES string of the molecule is O=C(CSc1ccccc1Cl)N[C@@H]1CCCC[C@H]1O. The number of carbonyl (C=O) groups is 1. The van der Waals surface area contributed by atoms with Gasteiger partial charge in [0.25, 0.3) is 0 Å². The van der Waals surface area contributed by atoms with Gasteiger partial charge < -0.3 is 10.4 Å². The van der Waals surface area contributed by atoms with Crippen molar-refractivity contribution in [2.75, 3.05) is 5.75 Å². The van der Waals surface area contributed by atoms with Crippen molar-refractivity contribution in [1.82, 2.24) is 5.32 Å². The molecule has 0 aliphatic heterocycles. The van der Waals surface area contributed by atoms with E-state index in [1.165, 1.54) is 11.8 Å². The lowest BCUT2D eigenvalue weighted by atomic mass is 9.93. The van der Waals surface area contributed by atoms with E-state index in [9.17, 15) is 9.90 Å². The van der Waals surface area contributed by atoms with E-state index in [1.54, 1.807) is 0 Å². The summed E-state index contributed by atoms with van der Waals surface area (Å²) < 4.78 is 0.